The van der Waals surface area contributed by atoms with Gasteiger partial charge in [0.15, 0.2) is 0 Å². The lowest BCUT2D eigenvalue weighted by atomic mass is 10.1. The molecule has 1 atom stereocenters. The standard InChI is InChI=1S/C14H23F2N3O/c1-10(12(3)20)11(2)17-13(18(4)5)19-8-6-14(15,16)7-9-19/h10H,2,6-9H2,1,3-5H3. The van der Waals surface area contributed by atoms with E-state index in [1.165, 1.54) is 6.92 Å². The van der Waals surface area contributed by atoms with Crippen molar-refractivity contribution in [1.82, 2.24) is 9.80 Å². The summed E-state index contributed by atoms with van der Waals surface area (Å²) in [4.78, 5) is 19.3. The van der Waals surface area contributed by atoms with Crippen LogP contribution in [0.3, 0.4) is 0 Å². The highest BCUT2D eigenvalue weighted by atomic mass is 19.3. The molecule has 0 N–H and O–H groups in total. The van der Waals surface area contributed by atoms with Crippen molar-refractivity contribution in [2.24, 2.45) is 10.9 Å². The number of carbonyl (C=O) groups excluding carboxylic acids is 1. The van der Waals surface area contributed by atoms with E-state index in [0.29, 0.717) is 11.7 Å². The van der Waals surface area contributed by atoms with Gasteiger partial charge in [0.2, 0.25) is 5.96 Å². The molecule has 114 valence electrons. The summed E-state index contributed by atoms with van der Waals surface area (Å²) in [5.41, 5.74) is 0.457. The van der Waals surface area contributed by atoms with Gasteiger partial charge in [-0.15, -0.1) is 0 Å². The van der Waals surface area contributed by atoms with Crippen molar-refractivity contribution in [1.29, 1.82) is 0 Å². The second-order valence-electron chi connectivity index (χ2n) is 5.47. The SMILES string of the molecule is C=C(N=C(N(C)C)N1CCC(F)(F)CC1)C(C)C(C)=O. The summed E-state index contributed by atoms with van der Waals surface area (Å²) in [5, 5.41) is 0. The molecular formula is C14H23F2N3O. The Morgan fingerprint density at radius 2 is 1.85 bits per heavy atom. The topological polar surface area (TPSA) is 35.9 Å². The van der Waals surface area contributed by atoms with Crippen molar-refractivity contribution < 1.29 is 13.6 Å². The van der Waals surface area contributed by atoms with Gasteiger partial charge in [-0.2, -0.15) is 0 Å². The number of guanidine groups is 1. The summed E-state index contributed by atoms with van der Waals surface area (Å²) in [7, 11) is 3.61. The Hall–Kier alpha value is -1.46. The van der Waals surface area contributed by atoms with Crippen LogP contribution in [0.1, 0.15) is 26.7 Å². The minimum atomic E-state index is -2.59. The van der Waals surface area contributed by atoms with Gasteiger partial charge in [-0.25, -0.2) is 13.8 Å². The van der Waals surface area contributed by atoms with Gasteiger partial charge >= 0.3 is 0 Å². The number of ketones is 1. The maximum absolute atomic E-state index is 13.2. The summed E-state index contributed by atoms with van der Waals surface area (Å²) in [6.07, 6.45) is -0.344. The fourth-order valence-electron chi connectivity index (χ4n) is 1.95. The third-order valence-corrected chi connectivity index (χ3v) is 3.53. The smallest absolute Gasteiger partial charge is 0.251 e. The van der Waals surface area contributed by atoms with Crippen LogP contribution in [0.4, 0.5) is 8.78 Å². The number of aliphatic imine (C=N–C) groups is 1. The molecule has 0 spiro atoms. The Morgan fingerprint density at radius 3 is 2.25 bits per heavy atom. The third-order valence-electron chi connectivity index (χ3n) is 3.53. The predicted octanol–water partition coefficient (Wildman–Crippen LogP) is 2.37. The Morgan fingerprint density at radius 1 is 1.35 bits per heavy atom. The van der Waals surface area contributed by atoms with E-state index < -0.39 is 5.92 Å². The Balaban J connectivity index is 2.85. The highest BCUT2D eigenvalue weighted by Gasteiger charge is 2.35. The molecule has 0 amide bonds. The average molecular weight is 287 g/mol. The van der Waals surface area contributed by atoms with Gasteiger partial charge in [-0.3, -0.25) is 4.79 Å². The van der Waals surface area contributed by atoms with E-state index in [9.17, 15) is 13.6 Å². The third kappa shape index (κ3) is 4.28. The molecule has 1 aliphatic rings. The molecule has 0 saturated carbocycles. The fraction of sp³-hybridized carbons (Fsp3) is 0.714. The summed E-state index contributed by atoms with van der Waals surface area (Å²) >= 11 is 0. The summed E-state index contributed by atoms with van der Waals surface area (Å²) in [5.74, 6) is -2.38. The summed E-state index contributed by atoms with van der Waals surface area (Å²) < 4.78 is 26.4. The van der Waals surface area contributed by atoms with Crippen molar-refractivity contribution in [2.45, 2.75) is 32.6 Å². The van der Waals surface area contributed by atoms with Crippen molar-refractivity contribution in [3.8, 4) is 0 Å². The molecule has 0 aliphatic carbocycles. The number of halogens is 2. The van der Waals surface area contributed by atoms with Crippen LogP contribution in [0.2, 0.25) is 0 Å². The van der Waals surface area contributed by atoms with Gasteiger partial charge in [-0.1, -0.05) is 6.58 Å². The Bertz CT molecular complexity index is 409. The van der Waals surface area contributed by atoms with Crippen molar-refractivity contribution in [3.63, 3.8) is 0 Å². The Kier molecular flexibility index (Phi) is 5.25. The lowest BCUT2D eigenvalue weighted by molar-refractivity contribution is -0.119. The number of carbonyl (C=O) groups is 1. The molecule has 1 heterocycles. The maximum Gasteiger partial charge on any atom is 0.251 e. The number of allylic oxidation sites excluding steroid dienone is 1. The quantitative estimate of drug-likeness (QED) is 0.590. The highest BCUT2D eigenvalue weighted by molar-refractivity contribution is 5.84. The number of likely N-dealkylation sites (tertiary alicyclic amines) is 1. The number of Topliss-reactive ketones (excluding diaryl/α,β-unsaturated/α-hetero) is 1. The second-order valence-corrected chi connectivity index (χ2v) is 5.47. The molecular weight excluding hydrogens is 264 g/mol. The van der Waals surface area contributed by atoms with Gasteiger partial charge in [0.25, 0.3) is 5.92 Å². The van der Waals surface area contributed by atoms with Crippen LogP contribution in [0, 0.1) is 5.92 Å². The van der Waals surface area contributed by atoms with Crippen molar-refractivity contribution in [3.05, 3.63) is 12.3 Å². The normalized spacial score (nSPS) is 20.5. The van der Waals surface area contributed by atoms with Gasteiger partial charge < -0.3 is 9.80 Å². The number of nitrogens with zero attached hydrogens (tertiary/aromatic N) is 3. The van der Waals surface area contributed by atoms with E-state index in [1.54, 1.807) is 25.9 Å². The molecule has 0 aromatic carbocycles. The zero-order chi connectivity index (χ0) is 15.5. The minimum Gasteiger partial charge on any atom is -0.349 e. The van der Waals surface area contributed by atoms with Crippen LogP contribution in [0.25, 0.3) is 0 Å². The molecule has 0 bridgehead atoms. The van der Waals surface area contributed by atoms with Crippen molar-refractivity contribution >= 4 is 11.7 Å². The zero-order valence-corrected chi connectivity index (χ0v) is 12.6. The number of rotatable bonds is 3. The van der Waals surface area contributed by atoms with E-state index in [-0.39, 0.29) is 37.6 Å². The first-order valence-corrected chi connectivity index (χ1v) is 6.72. The molecule has 4 nitrogen and oxygen atoms in total. The van der Waals surface area contributed by atoms with E-state index in [1.807, 2.05) is 4.90 Å². The Labute approximate surface area is 119 Å². The predicted molar refractivity (Wildman–Crippen MR) is 75.9 cm³/mol. The van der Waals surface area contributed by atoms with Crippen LogP contribution in [0.15, 0.2) is 17.3 Å². The highest BCUT2D eigenvalue weighted by Crippen LogP contribution is 2.28. The first-order chi connectivity index (χ1) is 9.14. The summed E-state index contributed by atoms with van der Waals surface area (Å²) in [6.45, 7) is 7.55. The molecule has 20 heavy (non-hydrogen) atoms. The van der Waals surface area contributed by atoms with Gasteiger partial charge in [-0.05, 0) is 13.8 Å². The molecule has 1 unspecified atom stereocenters. The molecule has 1 rings (SSSR count). The van der Waals surface area contributed by atoms with E-state index in [0.717, 1.165) is 0 Å². The lowest BCUT2D eigenvalue weighted by Crippen LogP contribution is -2.47. The second kappa shape index (κ2) is 6.33. The fourth-order valence-corrected chi connectivity index (χ4v) is 1.95. The monoisotopic (exact) mass is 287 g/mol. The molecule has 6 heteroatoms. The first-order valence-electron chi connectivity index (χ1n) is 6.72. The number of hydrogen-bond donors (Lipinski definition) is 0. The van der Waals surface area contributed by atoms with Crippen LogP contribution in [-0.2, 0) is 4.79 Å². The van der Waals surface area contributed by atoms with E-state index in [2.05, 4.69) is 11.6 Å². The zero-order valence-electron chi connectivity index (χ0n) is 12.6. The molecule has 1 aliphatic heterocycles. The number of alkyl halides is 2. The molecule has 0 aromatic heterocycles. The number of hydrogen-bond acceptors (Lipinski definition) is 2. The van der Waals surface area contributed by atoms with Gasteiger partial charge in [0.1, 0.15) is 5.78 Å². The van der Waals surface area contributed by atoms with E-state index in [4.69, 9.17) is 0 Å². The lowest BCUT2D eigenvalue weighted by Gasteiger charge is -2.36. The molecule has 1 fully saturated rings. The molecule has 0 aromatic rings. The average Bonchev–Trinajstić information content (AvgIpc) is 2.34. The number of piperidine rings is 1. The van der Waals surface area contributed by atoms with Crippen LogP contribution >= 0.6 is 0 Å². The maximum atomic E-state index is 13.2. The van der Waals surface area contributed by atoms with Gasteiger partial charge in [0.05, 0.1) is 5.92 Å². The first kappa shape index (κ1) is 16.6. The minimum absolute atomic E-state index is 0.0120. The largest absolute Gasteiger partial charge is 0.349 e. The van der Waals surface area contributed by atoms with Gasteiger partial charge in [0, 0.05) is 45.7 Å². The van der Waals surface area contributed by atoms with Crippen LogP contribution in [-0.4, -0.2) is 54.7 Å². The summed E-state index contributed by atoms with van der Waals surface area (Å²) in [6, 6.07) is 0. The van der Waals surface area contributed by atoms with E-state index >= 15 is 0 Å². The van der Waals surface area contributed by atoms with Crippen LogP contribution in [0.5, 0.6) is 0 Å². The van der Waals surface area contributed by atoms with Crippen LogP contribution < -0.4 is 0 Å². The molecule has 1 saturated heterocycles. The van der Waals surface area contributed by atoms with Crippen molar-refractivity contribution in [2.75, 3.05) is 27.2 Å². The molecule has 0 radical (unpaired) electrons.